The number of carbonyl (C=O) groups excluding carboxylic acids is 2. The molecular weight excluding hydrogens is 274 g/mol. The van der Waals surface area contributed by atoms with Gasteiger partial charge in [-0.1, -0.05) is 37.2 Å². The zero-order valence-corrected chi connectivity index (χ0v) is 11.9. The Hall–Kier alpha value is -2.73. The Bertz CT molecular complexity index is 552. The molecule has 1 aromatic rings. The maximum atomic E-state index is 11.9. The highest BCUT2D eigenvalue weighted by Crippen LogP contribution is 2.18. The Labute approximate surface area is 122 Å². The van der Waals surface area contributed by atoms with Crippen molar-refractivity contribution in [1.29, 1.82) is 0 Å². The third kappa shape index (κ3) is 5.84. The predicted octanol–water partition coefficient (Wildman–Crippen LogP) is 3.05. The van der Waals surface area contributed by atoms with Crippen LogP contribution in [0, 0.1) is 5.92 Å². The highest BCUT2D eigenvalue weighted by atomic mass is 16.6. The van der Waals surface area contributed by atoms with Crippen molar-refractivity contribution in [3.63, 3.8) is 0 Å². The normalized spacial score (nSPS) is 9.67. The molecule has 0 heterocycles. The number of nitrogens with one attached hydrogen (secondary N) is 2. The van der Waals surface area contributed by atoms with E-state index in [2.05, 4.69) is 20.9 Å². The number of carbonyl (C=O) groups is 2. The summed E-state index contributed by atoms with van der Waals surface area (Å²) >= 11 is 0. The van der Waals surface area contributed by atoms with Crippen LogP contribution < -0.4 is 10.9 Å². The molecule has 8 nitrogen and oxygen atoms in total. The van der Waals surface area contributed by atoms with Gasteiger partial charge < -0.3 is 4.74 Å². The fourth-order valence-electron chi connectivity index (χ4n) is 1.40. The highest BCUT2D eigenvalue weighted by Gasteiger charge is 2.11. The van der Waals surface area contributed by atoms with Crippen molar-refractivity contribution in [1.82, 2.24) is 10.9 Å². The third-order valence-electron chi connectivity index (χ3n) is 2.51. The van der Waals surface area contributed by atoms with E-state index < -0.39 is 12.0 Å². The summed E-state index contributed by atoms with van der Waals surface area (Å²) in [5.74, 6) is -0.179. The molecule has 0 aliphatic heterocycles. The minimum atomic E-state index is -0.745. The summed E-state index contributed by atoms with van der Waals surface area (Å²) < 4.78 is 4.87. The lowest BCUT2D eigenvalue weighted by molar-refractivity contribution is 0.0907. The van der Waals surface area contributed by atoms with E-state index >= 15 is 0 Å². The SMILES string of the molecule is CC(C)CCOC(=O)NNC(=O)c1ccccc1N=[N+]=[N-]. The molecule has 0 saturated heterocycles. The molecule has 0 aliphatic rings. The van der Waals surface area contributed by atoms with Crippen molar-refractivity contribution in [3.8, 4) is 0 Å². The van der Waals surface area contributed by atoms with E-state index in [9.17, 15) is 9.59 Å². The van der Waals surface area contributed by atoms with Gasteiger partial charge in [0.05, 0.1) is 17.9 Å². The molecule has 0 unspecified atom stereocenters. The molecule has 0 aliphatic carbocycles. The molecule has 1 aromatic carbocycles. The Morgan fingerprint density at radius 1 is 1.33 bits per heavy atom. The minimum absolute atomic E-state index is 0.151. The smallest absolute Gasteiger partial charge is 0.426 e. The molecule has 0 radical (unpaired) electrons. The summed E-state index contributed by atoms with van der Waals surface area (Å²) in [4.78, 5) is 25.8. The van der Waals surface area contributed by atoms with Crippen molar-refractivity contribution in [2.24, 2.45) is 11.0 Å². The van der Waals surface area contributed by atoms with Gasteiger partial charge in [-0.05, 0) is 23.9 Å². The maximum Gasteiger partial charge on any atom is 0.426 e. The van der Waals surface area contributed by atoms with Gasteiger partial charge in [0.1, 0.15) is 0 Å². The van der Waals surface area contributed by atoms with Gasteiger partial charge >= 0.3 is 6.09 Å². The van der Waals surface area contributed by atoms with Crippen LogP contribution in [0.15, 0.2) is 29.4 Å². The van der Waals surface area contributed by atoms with Gasteiger partial charge in [0.2, 0.25) is 0 Å². The van der Waals surface area contributed by atoms with Gasteiger partial charge in [-0.3, -0.25) is 10.2 Å². The highest BCUT2D eigenvalue weighted by molar-refractivity contribution is 5.99. The van der Waals surface area contributed by atoms with Crippen LogP contribution in [0.4, 0.5) is 10.5 Å². The second-order valence-corrected chi connectivity index (χ2v) is 4.60. The lowest BCUT2D eigenvalue weighted by atomic mass is 10.1. The maximum absolute atomic E-state index is 11.9. The van der Waals surface area contributed by atoms with Gasteiger partial charge in [0.25, 0.3) is 5.91 Å². The van der Waals surface area contributed by atoms with E-state index in [-0.39, 0.29) is 17.9 Å². The summed E-state index contributed by atoms with van der Waals surface area (Å²) in [7, 11) is 0. The molecule has 112 valence electrons. The molecule has 0 saturated carbocycles. The lowest BCUT2D eigenvalue weighted by Gasteiger charge is -2.10. The minimum Gasteiger partial charge on any atom is -0.448 e. The van der Waals surface area contributed by atoms with Gasteiger partial charge in [0, 0.05) is 4.91 Å². The Balaban J connectivity index is 2.51. The first-order valence-electron chi connectivity index (χ1n) is 6.41. The van der Waals surface area contributed by atoms with Crippen LogP contribution in [-0.2, 0) is 4.74 Å². The van der Waals surface area contributed by atoms with Crippen LogP contribution in [0.25, 0.3) is 10.4 Å². The molecule has 0 fully saturated rings. The van der Waals surface area contributed by atoms with E-state index in [0.717, 1.165) is 6.42 Å². The van der Waals surface area contributed by atoms with Crippen LogP contribution in [-0.4, -0.2) is 18.6 Å². The number of hydrogen-bond donors (Lipinski definition) is 2. The molecule has 8 heteroatoms. The number of azide groups is 1. The largest absolute Gasteiger partial charge is 0.448 e. The first kappa shape index (κ1) is 16.3. The van der Waals surface area contributed by atoms with Crippen LogP contribution in [0.1, 0.15) is 30.6 Å². The van der Waals surface area contributed by atoms with E-state index in [4.69, 9.17) is 10.3 Å². The molecule has 0 atom stereocenters. The number of ether oxygens (including phenoxy) is 1. The van der Waals surface area contributed by atoms with Crippen LogP contribution in [0.2, 0.25) is 0 Å². The van der Waals surface area contributed by atoms with E-state index in [0.29, 0.717) is 5.92 Å². The molecule has 0 bridgehead atoms. The average molecular weight is 291 g/mol. The lowest BCUT2D eigenvalue weighted by Crippen LogP contribution is -2.42. The van der Waals surface area contributed by atoms with Crippen molar-refractivity contribution >= 4 is 17.7 Å². The summed E-state index contributed by atoms with van der Waals surface area (Å²) in [6.45, 7) is 4.29. The predicted molar refractivity (Wildman–Crippen MR) is 76.7 cm³/mol. The van der Waals surface area contributed by atoms with Crippen molar-refractivity contribution in [2.45, 2.75) is 20.3 Å². The molecule has 0 spiro atoms. The van der Waals surface area contributed by atoms with Crippen LogP contribution in [0.3, 0.4) is 0 Å². The Morgan fingerprint density at radius 2 is 2.05 bits per heavy atom. The summed E-state index contributed by atoms with van der Waals surface area (Å²) in [6.07, 6.45) is -0.00794. The molecule has 2 N–H and O–H groups in total. The van der Waals surface area contributed by atoms with Crippen molar-refractivity contribution < 1.29 is 14.3 Å². The summed E-state index contributed by atoms with van der Waals surface area (Å²) in [5.41, 5.74) is 13.1. The number of nitrogens with zero attached hydrogens (tertiary/aromatic N) is 3. The first-order valence-corrected chi connectivity index (χ1v) is 6.41. The number of rotatable bonds is 5. The quantitative estimate of drug-likeness (QED) is 0.376. The van der Waals surface area contributed by atoms with Gasteiger partial charge in [-0.25, -0.2) is 10.2 Å². The van der Waals surface area contributed by atoms with Crippen molar-refractivity contribution in [2.75, 3.05) is 6.61 Å². The Kier molecular flexibility index (Phi) is 6.56. The second-order valence-electron chi connectivity index (χ2n) is 4.60. The van der Waals surface area contributed by atoms with Crippen LogP contribution >= 0.6 is 0 Å². The zero-order valence-electron chi connectivity index (χ0n) is 11.9. The van der Waals surface area contributed by atoms with Gasteiger partial charge in [0.15, 0.2) is 0 Å². The van der Waals surface area contributed by atoms with Crippen LogP contribution in [0.5, 0.6) is 0 Å². The molecular formula is C13H17N5O3. The Morgan fingerprint density at radius 3 is 2.71 bits per heavy atom. The monoisotopic (exact) mass is 291 g/mol. The average Bonchev–Trinajstić information content (AvgIpc) is 2.45. The number of amides is 2. The molecule has 21 heavy (non-hydrogen) atoms. The fraction of sp³-hybridized carbons (Fsp3) is 0.385. The first-order chi connectivity index (χ1) is 10.0. The molecule has 1 rings (SSSR count). The zero-order chi connectivity index (χ0) is 15.7. The number of hydrogen-bond acceptors (Lipinski definition) is 4. The van der Waals surface area contributed by atoms with Crippen molar-refractivity contribution in [3.05, 3.63) is 40.3 Å². The molecule has 2 amide bonds. The van der Waals surface area contributed by atoms with E-state index in [1.54, 1.807) is 12.1 Å². The third-order valence-corrected chi connectivity index (χ3v) is 2.51. The topological polar surface area (TPSA) is 116 Å². The summed E-state index contributed by atoms with van der Waals surface area (Å²) in [6, 6.07) is 6.22. The number of hydrazine groups is 1. The second kappa shape index (κ2) is 8.44. The van der Waals surface area contributed by atoms with E-state index in [1.807, 2.05) is 13.8 Å². The van der Waals surface area contributed by atoms with E-state index in [1.165, 1.54) is 12.1 Å². The number of benzene rings is 1. The van der Waals surface area contributed by atoms with Gasteiger partial charge in [-0.2, -0.15) is 0 Å². The summed E-state index contributed by atoms with van der Waals surface area (Å²) in [5, 5.41) is 3.40. The van der Waals surface area contributed by atoms with Gasteiger partial charge in [-0.15, -0.1) is 0 Å². The fourth-order valence-corrected chi connectivity index (χ4v) is 1.40. The molecule has 0 aromatic heterocycles. The standard InChI is InChI=1S/C13H17N5O3/c1-9(2)7-8-21-13(20)17-16-12(19)10-5-3-4-6-11(10)15-18-14/h3-6,9H,7-8H2,1-2H3,(H,16,19)(H,17,20).